The molecule has 8 N–H and O–H groups in total. The van der Waals surface area contributed by atoms with Gasteiger partial charge in [0.2, 0.25) is 11.8 Å². The van der Waals surface area contributed by atoms with Gasteiger partial charge in [-0.15, -0.1) is 38.0 Å². The number of hydrogen-bond acceptors (Lipinski definition) is 32. The molecule has 9 fully saturated rings. The number of ether oxygens (including phenoxy) is 16. The molecular weight excluding hydrogens is 1700 g/mol. The number of azide groups is 1. The number of amides is 4. The molecule has 0 saturated carbocycles. The molecule has 10 rings (SSSR count). The van der Waals surface area contributed by atoms with Crippen LogP contribution in [0.3, 0.4) is 0 Å². The van der Waals surface area contributed by atoms with Crippen molar-refractivity contribution in [3.8, 4) is 0 Å². The summed E-state index contributed by atoms with van der Waals surface area (Å²) in [7, 11) is -4.92. The summed E-state index contributed by atoms with van der Waals surface area (Å²) in [6.45, 7) is 41.7. The first-order chi connectivity index (χ1) is 59.0. The maximum Gasteiger partial charge on any atom is 1.00 e. The average Bonchev–Trinajstić information content (AvgIpc) is 1.67. The van der Waals surface area contributed by atoms with Crippen molar-refractivity contribution in [2.45, 2.75) is 287 Å². The van der Waals surface area contributed by atoms with E-state index in [1.54, 1.807) is 50.3 Å². The minimum atomic E-state index is -3.92. The topological polar surface area (TPSA) is 559 Å². The Morgan fingerprint density at radius 3 is 1.25 bits per heavy atom. The number of aliphatic hydroxyl groups is 5. The van der Waals surface area contributed by atoms with Crippen LogP contribution in [-0.4, -0.2) is 293 Å². The summed E-state index contributed by atoms with van der Waals surface area (Å²) in [4.78, 5) is 77.6. The van der Waals surface area contributed by atoms with Crippen molar-refractivity contribution >= 4 is 45.7 Å². The van der Waals surface area contributed by atoms with Gasteiger partial charge in [0.25, 0.3) is 21.9 Å². The molecule has 0 aliphatic carbocycles. The van der Waals surface area contributed by atoms with E-state index >= 15 is 0 Å². The monoisotopic (exact) mass is 1830 g/mol. The number of rotatable bonds is 35. The van der Waals surface area contributed by atoms with Gasteiger partial charge in [-0.2, -0.15) is 8.42 Å². The second-order valence-corrected chi connectivity index (χ2v) is 32.9. The van der Waals surface area contributed by atoms with Gasteiger partial charge >= 0.3 is 41.5 Å². The van der Waals surface area contributed by atoms with Gasteiger partial charge in [-0.3, -0.25) is 37.5 Å². The van der Waals surface area contributed by atoms with E-state index in [1.165, 1.54) is 23.1 Å². The van der Waals surface area contributed by atoms with Crippen LogP contribution in [0.5, 0.6) is 0 Å². The molecule has 41 nitrogen and oxygen atoms in total. The number of carbonyl (C=O) groups is 6. The number of halogens is 1. The SMILES string of the molecule is C.C=CCOC1OC(CN=[N+]=[N-])C2OC(C)(C)OC2C1C.C=CCOC1OC(CNC(=O)CCCC(=O)O)C(O)C(O)C1C.C=CCOC1OC(CNC(=O)CCCC(=O)ON2C(=O)CCC2=O)C(O)C(O)C1C.C=CCOC1OC(CO)C2OC(C)(C)OC2C1C.C=CCOC1OC(COS(=O)(=O)c2ccc(C)cc2)C2OC(C)(C)OC2C1C.[2H]CF.[N-]=[N+]=[N-].[Na+]. The zero-order chi connectivity index (χ0) is 93.7. The van der Waals surface area contributed by atoms with Gasteiger partial charge in [0.15, 0.2) is 48.8 Å². The van der Waals surface area contributed by atoms with Crippen LogP contribution in [0.1, 0.15) is 142 Å². The van der Waals surface area contributed by atoms with Gasteiger partial charge < -0.3 is 133 Å². The van der Waals surface area contributed by atoms with Crippen molar-refractivity contribution < 1.29 is 188 Å². The quantitative estimate of drug-likeness (QED) is 0.00900. The number of nitrogens with one attached hydrogen (secondary N) is 2. The Labute approximate surface area is 759 Å². The van der Waals surface area contributed by atoms with Gasteiger partial charge in [0.1, 0.15) is 54.9 Å². The maximum absolute atomic E-state index is 12.5. The van der Waals surface area contributed by atoms with Crippen LogP contribution in [0.25, 0.3) is 26.4 Å². The van der Waals surface area contributed by atoms with E-state index in [2.05, 4.69) is 53.6 Å². The molecule has 25 unspecified atom stereocenters. The van der Waals surface area contributed by atoms with E-state index in [1.807, 2.05) is 69.2 Å². The molecule has 44 heteroatoms. The summed E-state index contributed by atoms with van der Waals surface area (Å²) >= 11 is 0. The number of hydrogen-bond donors (Lipinski definition) is 8. The summed E-state index contributed by atoms with van der Waals surface area (Å²) in [5.41, 5.74) is 23.0. The standard InChI is InChI=1S/C20H28O7S.C19H28N2O9.C15H25NO7.C13H21N3O4.C13H22O5.CH3F.CH4.N3.Na/c1-6-11-23-19-14(3)17-18(27-20(4,5)26-17)16(25-19)12-24-28(21,22)15-9-7-13(2)8-10-15;1-3-9-28-19-11(2)17(26)18(27)12(29-19)10-20-13(22)5-4-6-16(25)30-21-14(23)7-8-15(21)24;1-3-7-22-15-9(2)13(20)14(21)10(23-15)8-16-11(17)5-4-6-12(18)19;1-5-6-17-12-8(2)10-11(20-13(3,4)19-10)9(18-12)7-15-16-14;1-5-6-15-12-8(2)10-11(9(7-14)16-12)18-13(3,4)17-10;1-2;;1-3-2;/h6-10,14,16-19H,1,11-12H2,2-5H3;3,11-12,17-19,26-27H,1,4-10H2,2H3,(H,20,22);3,9-10,13-15,20-21H,1,4-8H2,2H3,(H,16,17)(H,18,19);5,8-12H,1,6-7H2,2-4H3;5,8-12,14H,1,6-7H2,2-4H3;1H3;1H4;;/q;;;;;;;-1;+1/i;;;;;1D;;;. The molecule has 126 heavy (non-hydrogen) atoms. The largest absolute Gasteiger partial charge is 1.00 e. The van der Waals surface area contributed by atoms with Crippen LogP contribution in [0.2, 0.25) is 0 Å². The fourth-order valence-corrected chi connectivity index (χ4v) is 15.0. The number of aliphatic hydroxyl groups excluding tert-OH is 5. The number of imide groups is 1. The van der Waals surface area contributed by atoms with E-state index in [0.717, 1.165) is 5.56 Å². The summed E-state index contributed by atoms with van der Waals surface area (Å²) < 4.78 is 138. The first kappa shape index (κ1) is 114. The summed E-state index contributed by atoms with van der Waals surface area (Å²) in [6, 6.07) is 6.48. The predicted octanol–water partition coefficient (Wildman–Crippen LogP) is 4.13. The van der Waals surface area contributed by atoms with Crippen molar-refractivity contribution in [1.29, 1.82) is 0 Å². The third-order valence-corrected chi connectivity index (χ3v) is 21.5. The number of carbonyl (C=O) groups excluding carboxylic acids is 5. The molecule has 9 aliphatic heterocycles. The zero-order valence-electron chi connectivity index (χ0n) is 74.3. The Morgan fingerprint density at radius 2 is 0.889 bits per heavy atom. The van der Waals surface area contributed by atoms with Crippen LogP contribution >= 0.6 is 0 Å². The van der Waals surface area contributed by atoms with E-state index in [0.29, 0.717) is 24.9 Å². The summed E-state index contributed by atoms with van der Waals surface area (Å²) in [5, 5.41) is 67.5. The molecule has 0 spiro atoms. The van der Waals surface area contributed by atoms with E-state index < -0.39 is 163 Å². The van der Waals surface area contributed by atoms with Gasteiger partial charge in [-0.1, -0.05) is 95.2 Å². The molecular formula is C82H131FN9NaO32S. The number of fused-ring (bicyclic) bond motifs is 3. The van der Waals surface area contributed by atoms with Crippen molar-refractivity contribution in [3.05, 3.63) is 120 Å². The molecule has 9 saturated heterocycles. The number of aliphatic carboxylic acids is 1. The minimum Gasteiger partial charge on any atom is -0.481 e. The van der Waals surface area contributed by atoms with Crippen LogP contribution in [0, 0.1) is 36.5 Å². The second-order valence-electron chi connectivity index (χ2n) is 31.3. The number of carboxylic acids is 1. The Bertz CT molecular complexity index is 3770. The number of alkyl halides is 1. The number of hydroxylamine groups is 2. The molecule has 9 heterocycles. The van der Waals surface area contributed by atoms with Crippen molar-refractivity contribution in [2.75, 3.05) is 73.0 Å². The molecule has 0 radical (unpaired) electrons. The molecule has 4 amide bonds. The van der Waals surface area contributed by atoms with Crippen LogP contribution in [0.4, 0.5) is 4.39 Å². The van der Waals surface area contributed by atoms with E-state index in [9.17, 15) is 67.1 Å². The number of carboxylic acid groups (broad SMARTS) is 1. The fraction of sp³-hybridized carbons (Fsp3) is 0.732. The van der Waals surface area contributed by atoms with Crippen LogP contribution < -0.4 is 40.2 Å². The van der Waals surface area contributed by atoms with Crippen LogP contribution in [-0.2, 0) is 124 Å². The van der Waals surface area contributed by atoms with E-state index in [4.69, 9.17) is 108 Å². The Kier molecular flexibility index (Phi) is 51.4. The van der Waals surface area contributed by atoms with Crippen molar-refractivity contribution in [1.82, 2.24) is 15.7 Å². The Balaban J connectivity index is 0.000000532. The first-order valence-electron chi connectivity index (χ1n) is 41.2. The maximum atomic E-state index is 12.5. The van der Waals surface area contributed by atoms with Crippen molar-refractivity contribution in [3.63, 3.8) is 0 Å². The summed E-state index contributed by atoms with van der Waals surface area (Å²) in [5.74, 6) is -6.65. The average molecular weight is 1830 g/mol. The molecule has 0 bridgehead atoms. The smallest absolute Gasteiger partial charge is 0.481 e. The molecule has 25 atom stereocenters. The number of benzene rings is 1. The molecule has 0 aromatic heterocycles. The fourth-order valence-electron chi connectivity index (χ4n) is 14.0. The van der Waals surface area contributed by atoms with Crippen molar-refractivity contribution in [2.24, 2.45) is 34.7 Å². The zero-order valence-corrected chi connectivity index (χ0v) is 76.1. The first-order valence-corrected chi connectivity index (χ1v) is 41.9. The summed E-state index contributed by atoms with van der Waals surface area (Å²) in [6.07, 6.45) is -3.70. The molecule has 710 valence electrons. The molecule has 1 aromatic carbocycles. The van der Waals surface area contributed by atoms with Gasteiger partial charge in [0.05, 0.1) is 103 Å². The minimum absolute atomic E-state index is 0. The van der Waals surface area contributed by atoms with Crippen LogP contribution in [0.15, 0.2) is 97.5 Å². The third-order valence-electron chi connectivity index (χ3n) is 20.2. The Hall–Kier alpha value is -6.44. The second kappa shape index (κ2) is 57.0. The third kappa shape index (κ3) is 36.0. The predicted molar refractivity (Wildman–Crippen MR) is 443 cm³/mol. The van der Waals surface area contributed by atoms with Gasteiger partial charge in [-0.25, -0.2) is 4.79 Å². The molecule has 1 aromatic rings. The normalized spacial score (nSPS) is 32.1. The Morgan fingerprint density at radius 1 is 0.563 bits per heavy atom. The number of nitrogens with zero attached hydrogens (tertiary/aromatic N) is 7. The number of aryl methyl sites for hydroxylation is 1. The van der Waals surface area contributed by atoms with Gasteiger partial charge in [0, 0.05) is 86.1 Å². The van der Waals surface area contributed by atoms with E-state index in [-0.39, 0.29) is 200 Å². The molecule has 9 aliphatic rings. The van der Waals surface area contributed by atoms with Gasteiger partial charge in [-0.05, 0) is 79.0 Å².